The van der Waals surface area contributed by atoms with Gasteiger partial charge in [0.2, 0.25) is 11.8 Å². The highest BCUT2D eigenvalue weighted by atomic mass is 35.5. The summed E-state index contributed by atoms with van der Waals surface area (Å²) in [6.45, 7) is 1.46. The third-order valence-corrected chi connectivity index (χ3v) is 10.7. The van der Waals surface area contributed by atoms with Crippen LogP contribution in [-0.2, 0) is 32.6 Å². The van der Waals surface area contributed by atoms with Gasteiger partial charge in [0.1, 0.15) is 12.6 Å². The van der Waals surface area contributed by atoms with Gasteiger partial charge in [-0.15, -0.1) is 0 Å². The minimum atomic E-state index is -4.26. The number of nitrogens with one attached hydrogen (secondary N) is 1. The van der Waals surface area contributed by atoms with Crippen LogP contribution in [0.1, 0.15) is 42.4 Å². The minimum Gasteiger partial charge on any atom is -0.352 e. The molecule has 1 saturated carbocycles. The first-order valence-corrected chi connectivity index (χ1v) is 17.5. The molecule has 0 radical (unpaired) electrons. The number of benzene rings is 4. The number of sulfonamides is 1. The van der Waals surface area contributed by atoms with Gasteiger partial charge in [-0.3, -0.25) is 13.9 Å². The zero-order chi connectivity index (χ0) is 32.7. The maximum absolute atomic E-state index is 14.6. The molecule has 4 aromatic rings. The number of halogens is 2. The van der Waals surface area contributed by atoms with E-state index in [2.05, 4.69) is 5.32 Å². The highest BCUT2D eigenvalue weighted by Gasteiger charge is 2.36. The second-order valence-electron chi connectivity index (χ2n) is 11.6. The van der Waals surface area contributed by atoms with Gasteiger partial charge in [0.25, 0.3) is 10.0 Å². The molecule has 0 aliphatic heterocycles. The van der Waals surface area contributed by atoms with Crippen LogP contribution in [0.4, 0.5) is 5.69 Å². The first-order chi connectivity index (χ1) is 22.1. The molecule has 10 heteroatoms. The zero-order valence-corrected chi connectivity index (χ0v) is 27.9. The van der Waals surface area contributed by atoms with Crippen molar-refractivity contribution in [1.82, 2.24) is 10.2 Å². The first-order valence-electron chi connectivity index (χ1n) is 15.3. The summed E-state index contributed by atoms with van der Waals surface area (Å²) < 4.78 is 29.3. The summed E-state index contributed by atoms with van der Waals surface area (Å²) in [5.41, 5.74) is 2.79. The Balaban J connectivity index is 1.59. The lowest BCUT2D eigenvalue weighted by Gasteiger charge is -2.34. The maximum Gasteiger partial charge on any atom is 0.264 e. The molecule has 7 nitrogen and oxygen atoms in total. The van der Waals surface area contributed by atoms with E-state index in [4.69, 9.17) is 23.2 Å². The lowest BCUT2D eigenvalue weighted by atomic mass is 10.0. The molecule has 2 amide bonds. The Morgan fingerprint density at radius 1 is 0.870 bits per heavy atom. The van der Waals surface area contributed by atoms with Gasteiger partial charge >= 0.3 is 0 Å². The molecule has 0 spiro atoms. The van der Waals surface area contributed by atoms with Crippen molar-refractivity contribution in [3.05, 3.63) is 130 Å². The average Bonchev–Trinajstić information content (AvgIpc) is 3.56. The molecule has 1 aliphatic rings. The molecule has 1 aliphatic carbocycles. The molecule has 1 unspecified atom stereocenters. The van der Waals surface area contributed by atoms with Gasteiger partial charge in [0.15, 0.2) is 0 Å². The van der Waals surface area contributed by atoms with Crippen LogP contribution in [-0.4, -0.2) is 43.8 Å². The number of carbonyl (C=O) groups excluding carboxylic acids is 2. The second kappa shape index (κ2) is 15.2. The molecular formula is C36H37Cl2N3O4S. The quantitative estimate of drug-likeness (QED) is 0.172. The van der Waals surface area contributed by atoms with Crippen molar-refractivity contribution in [1.29, 1.82) is 0 Å². The van der Waals surface area contributed by atoms with E-state index in [9.17, 15) is 18.0 Å². The number of anilines is 1. The number of carbonyl (C=O) groups is 2. The van der Waals surface area contributed by atoms with Crippen LogP contribution in [0.25, 0.3) is 0 Å². The highest BCUT2D eigenvalue weighted by molar-refractivity contribution is 7.92. The summed E-state index contributed by atoms with van der Waals surface area (Å²) >= 11 is 12.7. The molecule has 240 valence electrons. The van der Waals surface area contributed by atoms with Crippen molar-refractivity contribution in [2.24, 2.45) is 0 Å². The predicted octanol–water partition coefficient (Wildman–Crippen LogP) is 7.20. The predicted molar refractivity (Wildman–Crippen MR) is 183 cm³/mol. The molecule has 5 rings (SSSR count). The summed E-state index contributed by atoms with van der Waals surface area (Å²) in [6.07, 6.45) is 4.09. The van der Waals surface area contributed by atoms with Crippen LogP contribution >= 0.6 is 23.2 Å². The lowest BCUT2D eigenvalue weighted by molar-refractivity contribution is -0.140. The smallest absolute Gasteiger partial charge is 0.264 e. The van der Waals surface area contributed by atoms with Gasteiger partial charge < -0.3 is 10.2 Å². The maximum atomic E-state index is 14.6. The minimum absolute atomic E-state index is 0.000850. The number of hydrogen-bond donors (Lipinski definition) is 1. The van der Waals surface area contributed by atoms with Gasteiger partial charge in [-0.2, -0.15) is 0 Å². The number of nitrogens with zero attached hydrogens (tertiary/aromatic N) is 2. The van der Waals surface area contributed by atoms with Crippen LogP contribution in [0, 0.1) is 6.92 Å². The van der Waals surface area contributed by atoms with Crippen molar-refractivity contribution in [2.45, 2.75) is 62.6 Å². The van der Waals surface area contributed by atoms with E-state index < -0.39 is 28.5 Å². The van der Waals surface area contributed by atoms with Gasteiger partial charge in [-0.05, 0) is 66.8 Å². The highest BCUT2D eigenvalue weighted by Crippen LogP contribution is 2.33. The molecule has 0 heterocycles. The largest absolute Gasteiger partial charge is 0.352 e. The lowest BCUT2D eigenvalue weighted by Crippen LogP contribution is -2.54. The first kappa shape index (κ1) is 33.5. The summed E-state index contributed by atoms with van der Waals surface area (Å²) in [5, 5.41) is 3.59. The zero-order valence-electron chi connectivity index (χ0n) is 25.6. The molecule has 0 saturated heterocycles. The Bertz CT molecular complexity index is 1760. The van der Waals surface area contributed by atoms with Gasteiger partial charge in [-0.25, -0.2) is 8.42 Å². The molecule has 46 heavy (non-hydrogen) atoms. The van der Waals surface area contributed by atoms with Gasteiger partial charge in [-0.1, -0.05) is 109 Å². The summed E-state index contributed by atoms with van der Waals surface area (Å²) in [7, 11) is -4.26. The van der Waals surface area contributed by atoms with Crippen LogP contribution in [0.2, 0.25) is 10.0 Å². The monoisotopic (exact) mass is 677 g/mol. The third kappa shape index (κ3) is 8.10. The molecule has 4 aromatic carbocycles. The van der Waals surface area contributed by atoms with E-state index in [-0.39, 0.29) is 40.5 Å². The average molecular weight is 679 g/mol. The van der Waals surface area contributed by atoms with E-state index in [0.717, 1.165) is 46.7 Å². The fourth-order valence-corrected chi connectivity index (χ4v) is 7.82. The van der Waals surface area contributed by atoms with Crippen LogP contribution in [0.5, 0.6) is 0 Å². The Morgan fingerprint density at radius 3 is 2.15 bits per heavy atom. The van der Waals surface area contributed by atoms with Crippen molar-refractivity contribution in [2.75, 3.05) is 10.8 Å². The van der Waals surface area contributed by atoms with E-state index in [0.29, 0.717) is 5.02 Å². The van der Waals surface area contributed by atoms with Crippen LogP contribution < -0.4 is 9.62 Å². The topological polar surface area (TPSA) is 86.8 Å². The van der Waals surface area contributed by atoms with E-state index in [1.165, 1.54) is 35.2 Å². The summed E-state index contributed by atoms with van der Waals surface area (Å²) in [6, 6.07) is 28.6. The van der Waals surface area contributed by atoms with Crippen LogP contribution in [0.3, 0.4) is 0 Å². The number of rotatable bonds is 12. The Labute approximate surface area is 281 Å². The second-order valence-corrected chi connectivity index (χ2v) is 14.3. The van der Waals surface area contributed by atoms with E-state index >= 15 is 0 Å². The van der Waals surface area contributed by atoms with Gasteiger partial charge in [0.05, 0.1) is 15.6 Å². The number of hydrogen-bond acceptors (Lipinski definition) is 4. The van der Waals surface area contributed by atoms with Crippen molar-refractivity contribution < 1.29 is 18.0 Å². The summed E-state index contributed by atoms with van der Waals surface area (Å²) in [4.78, 5) is 30.3. The Hall–Kier alpha value is -3.85. The van der Waals surface area contributed by atoms with E-state index in [1.807, 2.05) is 61.5 Å². The molecule has 0 bridgehead atoms. The van der Waals surface area contributed by atoms with Crippen molar-refractivity contribution >= 4 is 50.7 Å². The van der Waals surface area contributed by atoms with Crippen LogP contribution in [0.15, 0.2) is 108 Å². The summed E-state index contributed by atoms with van der Waals surface area (Å²) in [5.74, 6) is -0.809. The Morgan fingerprint density at radius 2 is 1.50 bits per heavy atom. The van der Waals surface area contributed by atoms with Gasteiger partial charge in [0, 0.05) is 24.0 Å². The molecule has 0 aromatic heterocycles. The fourth-order valence-electron chi connectivity index (χ4n) is 5.81. The standard InChI is InChI=1S/C36H37Cl2N3O4S/c1-26-12-8-9-15-28(26)24-40(34(22-27-13-4-2-5-14-27)36(43)39-30-16-10-11-17-30)35(42)25-41(33-21-20-29(37)23-32(33)38)46(44,45)31-18-6-3-7-19-31/h2-9,12-15,18-21,23,30,34H,10-11,16-17,22,24-25H2,1H3,(H,39,43). The number of aryl methyl sites for hydroxylation is 1. The number of amides is 2. The van der Waals surface area contributed by atoms with Crippen molar-refractivity contribution in [3.8, 4) is 0 Å². The third-order valence-electron chi connectivity index (χ3n) is 8.36. The molecular weight excluding hydrogens is 641 g/mol. The molecule has 1 fully saturated rings. The fraction of sp³-hybridized carbons (Fsp3) is 0.278. The SMILES string of the molecule is Cc1ccccc1CN(C(=O)CN(c1ccc(Cl)cc1Cl)S(=O)(=O)c1ccccc1)C(Cc1ccccc1)C(=O)NC1CCCC1. The van der Waals surface area contributed by atoms with E-state index in [1.54, 1.807) is 18.2 Å². The molecule has 1 atom stereocenters. The molecule has 1 N–H and O–H groups in total. The Kier molecular flexibility index (Phi) is 11.0. The normalized spacial score (nSPS) is 14.1. The van der Waals surface area contributed by atoms with Crippen molar-refractivity contribution in [3.63, 3.8) is 0 Å².